The maximum absolute atomic E-state index is 15.7. The van der Waals surface area contributed by atoms with E-state index in [1.54, 1.807) is 25.1 Å². The minimum absolute atomic E-state index is 0.0210. The fraction of sp³-hybridized carbons (Fsp3) is 0.615. The van der Waals surface area contributed by atoms with Crippen molar-refractivity contribution in [1.82, 2.24) is 14.9 Å². The molecule has 1 fully saturated rings. The first-order valence-corrected chi connectivity index (χ1v) is 14.0. The van der Waals surface area contributed by atoms with Gasteiger partial charge in [-0.2, -0.15) is 4.39 Å². The van der Waals surface area contributed by atoms with Crippen molar-refractivity contribution in [3.8, 4) is 11.4 Å². The van der Waals surface area contributed by atoms with Crippen LogP contribution in [0.5, 0.6) is 5.75 Å². The number of amides is 1. The fourth-order valence-corrected chi connectivity index (χ4v) is 5.83. The summed E-state index contributed by atoms with van der Waals surface area (Å²) in [4.78, 5) is 17.2. The van der Waals surface area contributed by atoms with Gasteiger partial charge in [0.05, 0.1) is 22.1 Å². The molecular weight excluding hydrogens is 469 g/mol. The van der Waals surface area contributed by atoms with E-state index < -0.39 is 28.7 Å². The maximum Gasteiger partial charge on any atom is 0.274 e. The molecule has 35 heavy (non-hydrogen) atoms. The van der Waals surface area contributed by atoms with Gasteiger partial charge >= 0.3 is 0 Å². The Morgan fingerprint density at radius 2 is 1.97 bits per heavy atom. The standard InChI is InChI=1S/C26H38FN3O4S/c1-7-22-29-23(25(31)28-16-17-8-11-19(12-9-17)35(6,32)33)24(27)30(22)20-13-10-18(14-21(20)34-5)15-26(2,3)4/h10,13-14,17,19H,7-9,11-12,15-16H2,1-6H3,(H,28,31)/i5D3. The number of methoxy groups -OCH3 is 1. The summed E-state index contributed by atoms with van der Waals surface area (Å²) in [6.07, 6.45) is 4.59. The summed E-state index contributed by atoms with van der Waals surface area (Å²) in [6, 6.07) is 4.98. The highest BCUT2D eigenvalue weighted by atomic mass is 32.2. The van der Waals surface area contributed by atoms with Crippen molar-refractivity contribution < 1.29 is 26.5 Å². The maximum atomic E-state index is 15.7. The fourth-order valence-electron chi connectivity index (χ4n) is 4.70. The van der Waals surface area contributed by atoms with Crippen LogP contribution in [0.15, 0.2) is 18.2 Å². The molecule has 1 heterocycles. The van der Waals surface area contributed by atoms with Gasteiger partial charge in [0, 0.05) is 19.2 Å². The van der Waals surface area contributed by atoms with E-state index in [0.717, 1.165) is 10.1 Å². The Morgan fingerprint density at radius 1 is 1.29 bits per heavy atom. The average molecular weight is 511 g/mol. The van der Waals surface area contributed by atoms with Crippen molar-refractivity contribution in [2.75, 3.05) is 19.8 Å². The lowest BCUT2D eigenvalue weighted by molar-refractivity contribution is 0.0934. The van der Waals surface area contributed by atoms with E-state index in [4.69, 9.17) is 8.85 Å². The molecule has 0 radical (unpaired) electrons. The highest BCUT2D eigenvalue weighted by molar-refractivity contribution is 7.91. The number of benzene rings is 1. The zero-order valence-corrected chi connectivity index (χ0v) is 22.0. The zero-order valence-electron chi connectivity index (χ0n) is 24.2. The molecule has 0 aliphatic heterocycles. The van der Waals surface area contributed by atoms with Crippen molar-refractivity contribution >= 4 is 15.7 Å². The lowest BCUT2D eigenvalue weighted by Gasteiger charge is -2.27. The van der Waals surface area contributed by atoms with Crippen molar-refractivity contribution in [2.24, 2.45) is 11.3 Å². The Morgan fingerprint density at radius 3 is 2.54 bits per heavy atom. The van der Waals surface area contributed by atoms with Crippen molar-refractivity contribution in [3.05, 3.63) is 41.2 Å². The molecule has 0 spiro atoms. The Balaban J connectivity index is 1.86. The minimum Gasteiger partial charge on any atom is -0.495 e. The second kappa shape index (κ2) is 10.7. The van der Waals surface area contributed by atoms with Crippen LogP contribution in [0.4, 0.5) is 4.39 Å². The number of nitrogens with one attached hydrogen (secondary N) is 1. The first kappa shape index (κ1) is 23.0. The van der Waals surface area contributed by atoms with Crippen LogP contribution < -0.4 is 10.1 Å². The van der Waals surface area contributed by atoms with Gasteiger partial charge in [-0.25, -0.2) is 13.4 Å². The molecule has 1 aromatic heterocycles. The smallest absolute Gasteiger partial charge is 0.274 e. The molecule has 1 aliphatic carbocycles. The summed E-state index contributed by atoms with van der Waals surface area (Å²) in [5.41, 5.74) is 0.537. The van der Waals surface area contributed by atoms with Crippen LogP contribution in [-0.2, 0) is 22.7 Å². The first-order chi connectivity index (χ1) is 17.5. The SMILES string of the molecule is [2H]C([2H])([2H])Oc1cc(CC(C)(C)C)ccc1-n1c(CC)nc(C(=O)NCC2CCC(S(C)(=O)=O)CC2)c1F. The van der Waals surface area contributed by atoms with Gasteiger partial charge in [-0.3, -0.25) is 9.36 Å². The molecule has 7 nitrogen and oxygen atoms in total. The molecule has 1 aliphatic rings. The van der Waals surface area contributed by atoms with Crippen molar-refractivity contribution in [1.29, 1.82) is 0 Å². The molecule has 1 N–H and O–H groups in total. The van der Waals surface area contributed by atoms with Crippen molar-refractivity contribution in [2.45, 2.75) is 71.5 Å². The topological polar surface area (TPSA) is 90.3 Å². The third kappa shape index (κ3) is 6.63. The molecule has 1 amide bonds. The number of sulfone groups is 1. The lowest BCUT2D eigenvalue weighted by Crippen LogP contribution is -2.34. The first-order valence-electron chi connectivity index (χ1n) is 13.5. The molecule has 0 saturated heterocycles. The number of carbonyl (C=O) groups is 1. The summed E-state index contributed by atoms with van der Waals surface area (Å²) < 4.78 is 68.5. The molecule has 9 heteroatoms. The monoisotopic (exact) mass is 510 g/mol. The minimum atomic E-state index is -3.08. The summed E-state index contributed by atoms with van der Waals surface area (Å²) in [6.45, 7) is 8.21. The third-order valence-corrected chi connectivity index (χ3v) is 8.16. The number of nitrogens with zero attached hydrogens (tertiary/aromatic N) is 2. The molecular formula is C26H38FN3O4S. The number of aromatic nitrogens is 2. The van der Waals surface area contributed by atoms with Gasteiger partial charge in [-0.1, -0.05) is 33.8 Å². The number of halogens is 1. The summed E-state index contributed by atoms with van der Waals surface area (Å²) in [7, 11) is -5.84. The van der Waals surface area contributed by atoms with Gasteiger partial charge in [0.25, 0.3) is 5.91 Å². The molecule has 194 valence electrons. The van der Waals surface area contributed by atoms with E-state index in [2.05, 4.69) is 31.1 Å². The van der Waals surface area contributed by atoms with Gasteiger partial charge in [0.15, 0.2) is 5.69 Å². The Kier molecular flexibility index (Phi) is 7.02. The molecule has 1 saturated carbocycles. The average Bonchev–Trinajstić information content (AvgIpc) is 3.11. The van der Waals surface area contributed by atoms with Crippen molar-refractivity contribution in [3.63, 3.8) is 0 Å². The number of ether oxygens (including phenoxy) is 1. The van der Waals surface area contributed by atoms with Crippen LogP contribution in [-0.4, -0.2) is 49.0 Å². The Bertz CT molecular complexity index is 1260. The van der Waals surface area contributed by atoms with Gasteiger partial charge in [0.1, 0.15) is 21.4 Å². The van der Waals surface area contributed by atoms with Gasteiger partial charge in [-0.15, -0.1) is 0 Å². The van der Waals surface area contributed by atoms with E-state index in [1.165, 1.54) is 6.26 Å². The number of imidazole rings is 1. The zero-order chi connectivity index (χ0) is 28.5. The van der Waals surface area contributed by atoms with Crippen LogP contribution >= 0.6 is 0 Å². The molecule has 0 atom stereocenters. The molecule has 3 rings (SSSR count). The van der Waals surface area contributed by atoms with E-state index in [0.29, 0.717) is 32.1 Å². The second-order valence-electron chi connectivity index (χ2n) is 10.7. The normalized spacial score (nSPS) is 20.6. The van der Waals surface area contributed by atoms with Crippen LogP contribution in [0.2, 0.25) is 0 Å². The third-order valence-electron chi connectivity index (χ3n) is 6.48. The predicted octanol–water partition coefficient (Wildman–Crippen LogP) is 4.50. The van der Waals surface area contributed by atoms with Crippen LogP contribution in [0, 0.1) is 17.3 Å². The number of rotatable bonds is 8. The van der Waals surface area contributed by atoms with E-state index in [1.807, 2.05) is 0 Å². The molecule has 0 bridgehead atoms. The van der Waals surface area contributed by atoms with Gasteiger partial charge < -0.3 is 10.1 Å². The predicted molar refractivity (Wildman–Crippen MR) is 136 cm³/mol. The number of hydrogen-bond donors (Lipinski definition) is 1. The highest BCUT2D eigenvalue weighted by Gasteiger charge is 2.29. The number of carbonyl (C=O) groups excluding carboxylic acids is 1. The summed E-state index contributed by atoms with van der Waals surface area (Å²) in [5.74, 6) is -1.25. The van der Waals surface area contributed by atoms with E-state index in [-0.39, 0.29) is 52.5 Å². The quantitative estimate of drug-likeness (QED) is 0.565. The highest BCUT2D eigenvalue weighted by Crippen LogP contribution is 2.31. The lowest BCUT2D eigenvalue weighted by atomic mass is 9.88. The molecule has 2 aromatic rings. The van der Waals surface area contributed by atoms with Crippen LogP contribution in [0.1, 0.15) is 79.4 Å². The van der Waals surface area contributed by atoms with Gasteiger partial charge in [-0.05, 0) is 61.1 Å². The van der Waals surface area contributed by atoms with E-state index >= 15 is 4.39 Å². The van der Waals surface area contributed by atoms with Gasteiger partial charge in [0.2, 0.25) is 5.95 Å². The Labute approximate surface area is 212 Å². The number of hydrogen-bond acceptors (Lipinski definition) is 5. The van der Waals surface area contributed by atoms with E-state index in [9.17, 15) is 13.2 Å². The molecule has 0 unspecified atom stereocenters. The largest absolute Gasteiger partial charge is 0.495 e. The summed E-state index contributed by atoms with van der Waals surface area (Å²) >= 11 is 0. The van der Waals surface area contributed by atoms with Crippen LogP contribution in [0.3, 0.4) is 0 Å². The number of aryl methyl sites for hydroxylation is 1. The second-order valence-corrected chi connectivity index (χ2v) is 13.0. The molecule has 1 aromatic carbocycles. The van der Waals surface area contributed by atoms with Crippen LogP contribution in [0.25, 0.3) is 5.69 Å². The summed E-state index contributed by atoms with van der Waals surface area (Å²) in [5, 5.41) is 2.39. The Hall–Kier alpha value is -2.42.